The quantitative estimate of drug-likeness (QED) is 0.325. The van der Waals surface area contributed by atoms with E-state index in [2.05, 4.69) is 32.1 Å². The fourth-order valence-corrected chi connectivity index (χ4v) is 2.08. The van der Waals surface area contributed by atoms with Crippen molar-refractivity contribution in [3.63, 3.8) is 0 Å². The van der Waals surface area contributed by atoms with E-state index in [4.69, 9.17) is 21.1 Å². The summed E-state index contributed by atoms with van der Waals surface area (Å²) >= 11 is 5.77. The summed E-state index contributed by atoms with van der Waals surface area (Å²) in [5.41, 5.74) is 2.53. The molecule has 0 aromatic rings. The molecular formula is C16H27ClO2. The summed E-state index contributed by atoms with van der Waals surface area (Å²) in [6.07, 6.45) is 12.4. The lowest BCUT2D eigenvalue weighted by Crippen LogP contribution is -2.16. The predicted molar refractivity (Wildman–Crippen MR) is 83.6 cm³/mol. The summed E-state index contributed by atoms with van der Waals surface area (Å²) in [4.78, 5) is 0. The summed E-state index contributed by atoms with van der Waals surface area (Å²) in [6, 6.07) is 0. The first-order valence-electron chi connectivity index (χ1n) is 6.76. The minimum Gasteiger partial charge on any atom is -0.352 e. The van der Waals surface area contributed by atoms with Gasteiger partial charge in [0.25, 0.3) is 0 Å². The average Bonchev–Trinajstić information content (AvgIpc) is 2.40. The Morgan fingerprint density at radius 2 is 1.79 bits per heavy atom. The van der Waals surface area contributed by atoms with Crippen molar-refractivity contribution < 1.29 is 9.47 Å². The van der Waals surface area contributed by atoms with Gasteiger partial charge in [0.1, 0.15) is 0 Å². The maximum Gasteiger partial charge on any atom is 0.179 e. The number of rotatable bonds is 10. The SMILES string of the molecule is C/C=C/CC/C(C)=C/CC/C(=C/CCl)C(OC)OC. The monoisotopic (exact) mass is 286 g/mol. The van der Waals surface area contributed by atoms with E-state index in [1.807, 2.05) is 6.08 Å². The fraction of sp³-hybridized carbons (Fsp3) is 0.625. The second kappa shape index (κ2) is 12.5. The molecule has 0 aliphatic heterocycles. The summed E-state index contributed by atoms with van der Waals surface area (Å²) in [5, 5.41) is 0. The molecule has 2 nitrogen and oxygen atoms in total. The zero-order valence-corrected chi connectivity index (χ0v) is 13.4. The highest BCUT2D eigenvalue weighted by molar-refractivity contribution is 6.18. The number of hydrogen-bond donors (Lipinski definition) is 0. The van der Waals surface area contributed by atoms with E-state index >= 15 is 0 Å². The largest absolute Gasteiger partial charge is 0.352 e. The van der Waals surface area contributed by atoms with Crippen molar-refractivity contribution in [3.8, 4) is 0 Å². The van der Waals surface area contributed by atoms with Crippen LogP contribution in [0.2, 0.25) is 0 Å². The number of ether oxygens (including phenoxy) is 2. The van der Waals surface area contributed by atoms with E-state index in [1.54, 1.807) is 14.2 Å². The van der Waals surface area contributed by atoms with Gasteiger partial charge >= 0.3 is 0 Å². The van der Waals surface area contributed by atoms with Gasteiger partial charge in [-0.3, -0.25) is 0 Å². The van der Waals surface area contributed by atoms with Crippen LogP contribution in [-0.2, 0) is 9.47 Å². The van der Waals surface area contributed by atoms with Crippen molar-refractivity contribution in [1.82, 2.24) is 0 Å². The van der Waals surface area contributed by atoms with E-state index in [9.17, 15) is 0 Å². The number of halogens is 1. The maximum absolute atomic E-state index is 5.77. The molecule has 0 unspecified atom stereocenters. The van der Waals surface area contributed by atoms with Gasteiger partial charge in [0, 0.05) is 20.1 Å². The van der Waals surface area contributed by atoms with Crippen LogP contribution in [-0.4, -0.2) is 26.4 Å². The molecule has 0 aromatic heterocycles. The summed E-state index contributed by atoms with van der Waals surface area (Å²) < 4.78 is 10.5. The van der Waals surface area contributed by atoms with E-state index in [1.165, 1.54) is 5.57 Å². The molecule has 0 heterocycles. The highest BCUT2D eigenvalue weighted by atomic mass is 35.5. The van der Waals surface area contributed by atoms with Gasteiger partial charge in [-0.05, 0) is 45.1 Å². The minimum absolute atomic E-state index is 0.282. The average molecular weight is 287 g/mol. The Hall–Kier alpha value is -0.570. The molecule has 0 fully saturated rings. The highest BCUT2D eigenvalue weighted by Gasteiger charge is 2.10. The zero-order chi connectivity index (χ0) is 14.5. The van der Waals surface area contributed by atoms with Gasteiger partial charge < -0.3 is 9.47 Å². The van der Waals surface area contributed by atoms with E-state index in [0.717, 1.165) is 31.3 Å². The molecule has 19 heavy (non-hydrogen) atoms. The van der Waals surface area contributed by atoms with Crippen LogP contribution >= 0.6 is 11.6 Å². The number of allylic oxidation sites excluding steroid dienone is 5. The Balaban J connectivity index is 4.25. The van der Waals surface area contributed by atoms with Gasteiger partial charge in [0.15, 0.2) is 6.29 Å². The number of methoxy groups -OCH3 is 2. The van der Waals surface area contributed by atoms with Gasteiger partial charge in [-0.15, -0.1) is 11.6 Å². The smallest absolute Gasteiger partial charge is 0.179 e. The molecule has 110 valence electrons. The maximum atomic E-state index is 5.77. The van der Waals surface area contributed by atoms with Gasteiger partial charge in [-0.1, -0.05) is 29.9 Å². The van der Waals surface area contributed by atoms with Gasteiger partial charge in [-0.25, -0.2) is 0 Å². The molecule has 0 saturated carbocycles. The lowest BCUT2D eigenvalue weighted by atomic mass is 10.1. The summed E-state index contributed by atoms with van der Waals surface area (Å²) in [7, 11) is 3.29. The third-order valence-electron chi connectivity index (χ3n) is 2.94. The second-order valence-electron chi connectivity index (χ2n) is 4.43. The molecule has 0 saturated heterocycles. The van der Waals surface area contributed by atoms with E-state index in [-0.39, 0.29) is 6.29 Å². The van der Waals surface area contributed by atoms with E-state index in [0.29, 0.717) is 5.88 Å². The number of hydrogen-bond acceptors (Lipinski definition) is 2. The fourth-order valence-electron chi connectivity index (χ4n) is 1.88. The molecule has 0 radical (unpaired) electrons. The third-order valence-corrected chi connectivity index (χ3v) is 3.09. The van der Waals surface area contributed by atoms with Crippen molar-refractivity contribution in [2.24, 2.45) is 0 Å². The molecule has 0 bridgehead atoms. The Kier molecular flexibility index (Phi) is 12.1. The van der Waals surface area contributed by atoms with Crippen LogP contribution in [0.3, 0.4) is 0 Å². The first-order valence-corrected chi connectivity index (χ1v) is 7.30. The number of alkyl halides is 1. The zero-order valence-electron chi connectivity index (χ0n) is 12.6. The van der Waals surface area contributed by atoms with Crippen LogP contribution < -0.4 is 0 Å². The molecular weight excluding hydrogens is 260 g/mol. The van der Waals surface area contributed by atoms with Crippen molar-refractivity contribution in [1.29, 1.82) is 0 Å². The Morgan fingerprint density at radius 3 is 2.32 bits per heavy atom. The van der Waals surface area contributed by atoms with Gasteiger partial charge in [0.05, 0.1) is 0 Å². The molecule has 0 atom stereocenters. The van der Waals surface area contributed by atoms with Crippen molar-refractivity contribution in [3.05, 3.63) is 35.5 Å². The Labute approximate surface area is 123 Å². The first kappa shape index (κ1) is 18.4. The van der Waals surface area contributed by atoms with E-state index < -0.39 is 0 Å². The summed E-state index contributed by atoms with van der Waals surface area (Å²) in [6.45, 7) is 4.23. The lowest BCUT2D eigenvalue weighted by Gasteiger charge is -2.17. The third kappa shape index (κ3) is 9.04. The van der Waals surface area contributed by atoms with Crippen LogP contribution in [0.15, 0.2) is 35.5 Å². The molecule has 0 aliphatic carbocycles. The molecule has 0 aromatic carbocycles. The molecule has 3 heteroatoms. The molecule has 0 amide bonds. The van der Waals surface area contributed by atoms with Crippen molar-refractivity contribution in [2.75, 3.05) is 20.1 Å². The second-order valence-corrected chi connectivity index (χ2v) is 4.74. The Bertz CT molecular complexity index is 302. The predicted octanol–water partition coefficient (Wildman–Crippen LogP) is 4.85. The van der Waals surface area contributed by atoms with Crippen LogP contribution in [0.1, 0.15) is 39.5 Å². The lowest BCUT2D eigenvalue weighted by molar-refractivity contribution is -0.0766. The van der Waals surface area contributed by atoms with Gasteiger partial charge in [-0.2, -0.15) is 0 Å². The highest BCUT2D eigenvalue weighted by Crippen LogP contribution is 2.16. The standard InChI is InChI=1S/C16H27ClO2/c1-5-6-7-9-14(2)10-8-11-15(12-13-17)16(18-3)19-4/h5-6,10,12,16H,7-9,11,13H2,1-4H3/b6-5+,14-10+,15-12-. The topological polar surface area (TPSA) is 18.5 Å². The molecule has 0 rings (SSSR count). The Morgan fingerprint density at radius 1 is 1.11 bits per heavy atom. The molecule has 0 aliphatic rings. The van der Waals surface area contributed by atoms with Crippen molar-refractivity contribution in [2.45, 2.75) is 45.8 Å². The van der Waals surface area contributed by atoms with Crippen molar-refractivity contribution >= 4 is 11.6 Å². The molecule has 0 N–H and O–H groups in total. The van der Waals surface area contributed by atoms with Gasteiger partial charge in [0.2, 0.25) is 0 Å². The molecule has 0 spiro atoms. The van der Waals surface area contributed by atoms with Crippen LogP contribution in [0.4, 0.5) is 0 Å². The van der Waals surface area contributed by atoms with Crippen LogP contribution in [0, 0.1) is 0 Å². The normalized spacial score (nSPS) is 13.8. The minimum atomic E-state index is -0.282. The van der Waals surface area contributed by atoms with Crippen LogP contribution in [0.25, 0.3) is 0 Å². The summed E-state index contributed by atoms with van der Waals surface area (Å²) in [5.74, 6) is 0.489. The first-order chi connectivity index (χ1) is 9.19. The van der Waals surface area contributed by atoms with Crippen LogP contribution in [0.5, 0.6) is 0 Å².